The molecule has 2 heterocycles. The van der Waals surface area contributed by atoms with Gasteiger partial charge in [-0.15, -0.1) is 0 Å². The van der Waals surface area contributed by atoms with E-state index in [1.807, 2.05) is 6.07 Å². The summed E-state index contributed by atoms with van der Waals surface area (Å²) >= 11 is 1.42. The van der Waals surface area contributed by atoms with Crippen LogP contribution in [0.3, 0.4) is 0 Å². The Morgan fingerprint density at radius 1 is 1.25 bits per heavy atom. The predicted molar refractivity (Wildman–Crippen MR) is 78.4 cm³/mol. The number of benzene rings is 1. The first-order chi connectivity index (χ1) is 9.76. The van der Waals surface area contributed by atoms with Gasteiger partial charge in [0.15, 0.2) is 5.13 Å². The maximum absolute atomic E-state index is 12.1. The van der Waals surface area contributed by atoms with Crippen LogP contribution in [0.5, 0.6) is 5.75 Å². The average Bonchev–Trinajstić information content (AvgIpc) is 2.89. The molecule has 0 saturated heterocycles. The van der Waals surface area contributed by atoms with Crippen molar-refractivity contribution in [3.05, 3.63) is 48.3 Å². The van der Waals surface area contributed by atoms with Crippen molar-refractivity contribution in [3.63, 3.8) is 0 Å². The molecule has 2 aromatic heterocycles. The van der Waals surface area contributed by atoms with Crippen molar-refractivity contribution in [2.75, 3.05) is 12.4 Å². The minimum absolute atomic E-state index is 0.195. The smallest absolute Gasteiger partial charge is 0.257 e. The molecule has 0 aliphatic heterocycles. The third-order valence-electron chi connectivity index (χ3n) is 2.76. The fourth-order valence-corrected chi connectivity index (χ4v) is 2.57. The lowest BCUT2D eigenvalue weighted by Gasteiger charge is -2.03. The molecule has 0 atom stereocenters. The average molecular weight is 285 g/mol. The Morgan fingerprint density at radius 2 is 2.05 bits per heavy atom. The van der Waals surface area contributed by atoms with Crippen molar-refractivity contribution in [1.29, 1.82) is 0 Å². The number of thiazole rings is 1. The van der Waals surface area contributed by atoms with Gasteiger partial charge in [-0.1, -0.05) is 11.3 Å². The molecular formula is C14H11N3O2S. The number of anilines is 1. The molecule has 100 valence electrons. The molecule has 3 rings (SSSR count). The van der Waals surface area contributed by atoms with Crippen LogP contribution in [0.1, 0.15) is 10.4 Å². The van der Waals surface area contributed by atoms with E-state index in [1.54, 1.807) is 43.8 Å². The summed E-state index contributed by atoms with van der Waals surface area (Å²) in [4.78, 5) is 20.4. The minimum atomic E-state index is -0.195. The van der Waals surface area contributed by atoms with Gasteiger partial charge in [0, 0.05) is 11.8 Å². The second kappa shape index (κ2) is 5.26. The van der Waals surface area contributed by atoms with Crippen LogP contribution in [-0.2, 0) is 0 Å². The van der Waals surface area contributed by atoms with Gasteiger partial charge >= 0.3 is 0 Å². The molecule has 0 spiro atoms. The second-order valence-electron chi connectivity index (χ2n) is 4.05. The zero-order valence-corrected chi connectivity index (χ0v) is 11.5. The molecule has 6 heteroatoms. The highest BCUT2D eigenvalue weighted by atomic mass is 32.1. The van der Waals surface area contributed by atoms with Crippen molar-refractivity contribution in [3.8, 4) is 5.75 Å². The van der Waals surface area contributed by atoms with Gasteiger partial charge in [0.05, 0.1) is 18.0 Å². The summed E-state index contributed by atoms with van der Waals surface area (Å²) in [5.74, 6) is 0.521. The van der Waals surface area contributed by atoms with Crippen molar-refractivity contribution >= 4 is 32.6 Å². The van der Waals surface area contributed by atoms with Gasteiger partial charge in [0.2, 0.25) is 0 Å². The Morgan fingerprint density at radius 3 is 2.75 bits per heavy atom. The monoisotopic (exact) mass is 285 g/mol. The highest BCUT2D eigenvalue weighted by Crippen LogP contribution is 2.25. The van der Waals surface area contributed by atoms with Crippen molar-refractivity contribution in [2.45, 2.75) is 0 Å². The van der Waals surface area contributed by atoms with Crippen LogP contribution < -0.4 is 10.1 Å². The number of amides is 1. The predicted octanol–water partition coefficient (Wildman–Crippen LogP) is 2.95. The lowest BCUT2D eigenvalue weighted by molar-refractivity contribution is 0.102. The van der Waals surface area contributed by atoms with E-state index in [2.05, 4.69) is 15.3 Å². The number of carbonyl (C=O) groups excluding carboxylic acids is 1. The second-order valence-corrected chi connectivity index (χ2v) is 5.08. The van der Waals surface area contributed by atoms with Crippen LogP contribution in [0.25, 0.3) is 10.2 Å². The van der Waals surface area contributed by atoms with Crippen molar-refractivity contribution < 1.29 is 9.53 Å². The van der Waals surface area contributed by atoms with Crippen LogP contribution in [-0.4, -0.2) is 23.0 Å². The third kappa shape index (κ3) is 2.46. The van der Waals surface area contributed by atoms with Gasteiger partial charge < -0.3 is 4.74 Å². The van der Waals surface area contributed by atoms with E-state index >= 15 is 0 Å². The minimum Gasteiger partial charge on any atom is -0.497 e. The van der Waals surface area contributed by atoms with Crippen LogP contribution in [0.2, 0.25) is 0 Å². The molecular weight excluding hydrogens is 274 g/mol. The molecule has 0 unspecified atom stereocenters. The molecule has 1 aromatic carbocycles. The number of rotatable bonds is 3. The number of carbonyl (C=O) groups is 1. The van der Waals surface area contributed by atoms with Crippen LogP contribution in [0.15, 0.2) is 42.7 Å². The van der Waals surface area contributed by atoms with E-state index in [0.29, 0.717) is 16.4 Å². The maximum atomic E-state index is 12.1. The number of pyridine rings is 1. The number of nitrogens with zero attached hydrogens (tertiary/aromatic N) is 2. The number of hydrogen-bond acceptors (Lipinski definition) is 5. The molecule has 0 saturated carbocycles. The summed E-state index contributed by atoms with van der Waals surface area (Å²) in [6.45, 7) is 0. The summed E-state index contributed by atoms with van der Waals surface area (Å²) in [7, 11) is 1.59. The lowest BCUT2D eigenvalue weighted by Crippen LogP contribution is -2.11. The van der Waals surface area contributed by atoms with Gasteiger partial charge in [0.1, 0.15) is 11.3 Å². The van der Waals surface area contributed by atoms with E-state index < -0.39 is 0 Å². The summed E-state index contributed by atoms with van der Waals surface area (Å²) in [5.41, 5.74) is 1.34. The SMILES string of the molecule is COc1ccc(C(=O)Nc2nc3cnccc3s2)cc1. The van der Waals surface area contributed by atoms with E-state index in [-0.39, 0.29) is 5.91 Å². The van der Waals surface area contributed by atoms with E-state index in [0.717, 1.165) is 10.2 Å². The van der Waals surface area contributed by atoms with Crippen molar-refractivity contribution in [2.24, 2.45) is 0 Å². The summed E-state index contributed by atoms with van der Waals surface area (Å²) in [5, 5.41) is 3.35. The fraction of sp³-hybridized carbons (Fsp3) is 0.0714. The lowest BCUT2D eigenvalue weighted by atomic mass is 10.2. The molecule has 0 aliphatic rings. The van der Waals surface area contributed by atoms with Gasteiger partial charge in [-0.05, 0) is 30.3 Å². The Balaban J connectivity index is 1.80. The molecule has 20 heavy (non-hydrogen) atoms. The first-order valence-corrected chi connectivity index (χ1v) is 6.74. The topological polar surface area (TPSA) is 64.1 Å². The summed E-state index contributed by atoms with van der Waals surface area (Å²) in [6, 6.07) is 8.79. The number of nitrogens with one attached hydrogen (secondary N) is 1. The molecule has 1 N–H and O–H groups in total. The maximum Gasteiger partial charge on any atom is 0.257 e. The Hall–Kier alpha value is -2.47. The summed E-state index contributed by atoms with van der Waals surface area (Å²) in [6.07, 6.45) is 3.38. The molecule has 0 aliphatic carbocycles. The van der Waals surface area contributed by atoms with E-state index in [9.17, 15) is 4.79 Å². The van der Waals surface area contributed by atoms with Crippen molar-refractivity contribution in [1.82, 2.24) is 9.97 Å². The quantitative estimate of drug-likeness (QED) is 0.803. The van der Waals surface area contributed by atoms with Gasteiger partial charge in [-0.3, -0.25) is 15.1 Å². The largest absolute Gasteiger partial charge is 0.497 e. The zero-order valence-electron chi connectivity index (χ0n) is 10.7. The molecule has 5 nitrogen and oxygen atoms in total. The standard InChI is InChI=1S/C14H11N3O2S/c1-19-10-4-2-9(3-5-10)13(18)17-14-16-11-8-15-7-6-12(11)20-14/h2-8H,1H3,(H,16,17,18). The molecule has 0 radical (unpaired) electrons. The fourth-order valence-electron chi connectivity index (χ4n) is 1.75. The Kier molecular flexibility index (Phi) is 3.30. The number of fused-ring (bicyclic) bond motifs is 1. The van der Waals surface area contributed by atoms with E-state index in [4.69, 9.17) is 4.74 Å². The molecule has 0 fully saturated rings. The van der Waals surface area contributed by atoms with Gasteiger partial charge in [0.25, 0.3) is 5.91 Å². The van der Waals surface area contributed by atoms with Crippen LogP contribution >= 0.6 is 11.3 Å². The molecule has 0 bridgehead atoms. The van der Waals surface area contributed by atoms with Gasteiger partial charge in [-0.25, -0.2) is 4.98 Å². The highest BCUT2D eigenvalue weighted by molar-refractivity contribution is 7.22. The third-order valence-corrected chi connectivity index (χ3v) is 3.71. The first kappa shape index (κ1) is 12.6. The Labute approximate surface area is 119 Å². The first-order valence-electron chi connectivity index (χ1n) is 5.92. The zero-order chi connectivity index (χ0) is 13.9. The van der Waals surface area contributed by atoms with Gasteiger partial charge in [-0.2, -0.15) is 0 Å². The number of aromatic nitrogens is 2. The number of hydrogen-bond donors (Lipinski definition) is 1. The number of ether oxygens (including phenoxy) is 1. The number of methoxy groups -OCH3 is 1. The van der Waals surface area contributed by atoms with Crippen LogP contribution in [0, 0.1) is 0 Å². The highest BCUT2D eigenvalue weighted by Gasteiger charge is 2.09. The Bertz CT molecular complexity index is 719. The molecule has 1 amide bonds. The normalized spacial score (nSPS) is 10.4. The van der Waals surface area contributed by atoms with E-state index in [1.165, 1.54) is 11.3 Å². The van der Waals surface area contributed by atoms with Crippen LogP contribution in [0.4, 0.5) is 5.13 Å². The summed E-state index contributed by atoms with van der Waals surface area (Å²) < 4.78 is 6.05. The molecule has 3 aromatic rings.